The number of thiocarbonyl (C=S) groups is 1. The van der Waals surface area contributed by atoms with Crippen molar-refractivity contribution in [3.63, 3.8) is 0 Å². The van der Waals surface area contributed by atoms with E-state index in [2.05, 4.69) is 0 Å². The highest BCUT2D eigenvalue weighted by molar-refractivity contribution is 7.80. The number of nitrogens with zero attached hydrogens (tertiary/aromatic N) is 2. The SMILES string of the molecule is CN(Cc1cccc(C(N)=S)c1)C(=O)N1CCCCCC1. The molecule has 21 heavy (non-hydrogen) atoms. The summed E-state index contributed by atoms with van der Waals surface area (Å²) in [5, 5.41) is 0. The molecule has 1 saturated heterocycles. The Labute approximate surface area is 131 Å². The molecule has 0 aromatic heterocycles. The zero-order chi connectivity index (χ0) is 15.2. The second-order valence-corrected chi connectivity index (χ2v) is 6.04. The first-order valence-corrected chi connectivity index (χ1v) is 7.87. The van der Waals surface area contributed by atoms with Crippen molar-refractivity contribution in [3.05, 3.63) is 35.4 Å². The Hall–Kier alpha value is -1.62. The lowest BCUT2D eigenvalue weighted by atomic mass is 10.1. The van der Waals surface area contributed by atoms with E-state index in [4.69, 9.17) is 18.0 Å². The maximum absolute atomic E-state index is 12.5. The molecule has 114 valence electrons. The van der Waals surface area contributed by atoms with Gasteiger partial charge in [0.05, 0.1) is 0 Å². The number of hydrogen-bond donors (Lipinski definition) is 1. The van der Waals surface area contributed by atoms with Crippen LogP contribution in [0.25, 0.3) is 0 Å². The van der Waals surface area contributed by atoms with Crippen molar-refractivity contribution < 1.29 is 4.79 Å². The Morgan fingerprint density at radius 3 is 2.57 bits per heavy atom. The van der Waals surface area contributed by atoms with Gasteiger partial charge in [-0.25, -0.2) is 4.79 Å². The van der Waals surface area contributed by atoms with Crippen LogP contribution in [0.15, 0.2) is 24.3 Å². The van der Waals surface area contributed by atoms with Gasteiger partial charge in [0, 0.05) is 32.2 Å². The first-order chi connectivity index (χ1) is 10.1. The van der Waals surface area contributed by atoms with E-state index in [-0.39, 0.29) is 6.03 Å². The third kappa shape index (κ3) is 4.43. The van der Waals surface area contributed by atoms with Crippen LogP contribution >= 0.6 is 12.2 Å². The number of rotatable bonds is 3. The molecule has 1 heterocycles. The molecule has 0 aliphatic carbocycles. The summed E-state index contributed by atoms with van der Waals surface area (Å²) in [6.45, 7) is 2.32. The zero-order valence-corrected chi connectivity index (χ0v) is 13.4. The Morgan fingerprint density at radius 1 is 1.29 bits per heavy atom. The van der Waals surface area contributed by atoms with E-state index >= 15 is 0 Å². The maximum atomic E-state index is 12.5. The molecule has 2 amide bonds. The summed E-state index contributed by atoms with van der Waals surface area (Å²) >= 11 is 4.99. The van der Waals surface area contributed by atoms with E-state index in [1.165, 1.54) is 12.8 Å². The fraction of sp³-hybridized carbons (Fsp3) is 0.500. The molecule has 2 N–H and O–H groups in total. The predicted octanol–water partition coefficient (Wildman–Crippen LogP) is 2.75. The van der Waals surface area contributed by atoms with Gasteiger partial charge in [0.25, 0.3) is 0 Å². The van der Waals surface area contributed by atoms with Crippen molar-refractivity contribution in [1.29, 1.82) is 0 Å². The van der Waals surface area contributed by atoms with Gasteiger partial charge in [-0.05, 0) is 24.5 Å². The predicted molar refractivity (Wildman–Crippen MR) is 89.2 cm³/mol. The van der Waals surface area contributed by atoms with Gasteiger partial charge < -0.3 is 15.5 Å². The molecule has 0 bridgehead atoms. The summed E-state index contributed by atoms with van der Waals surface area (Å²) < 4.78 is 0. The van der Waals surface area contributed by atoms with Crippen molar-refractivity contribution in [2.24, 2.45) is 5.73 Å². The van der Waals surface area contributed by atoms with Crippen molar-refractivity contribution in [2.45, 2.75) is 32.2 Å². The molecule has 0 radical (unpaired) electrons. The van der Waals surface area contributed by atoms with Gasteiger partial charge in [-0.2, -0.15) is 0 Å². The first kappa shape index (κ1) is 15.8. The molecule has 0 saturated carbocycles. The average Bonchev–Trinajstić information content (AvgIpc) is 2.75. The van der Waals surface area contributed by atoms with Crippen molar-refractivity contribution >= 4 is 23.2 Å². The van der Waals surface area contributed by atoms with Gasteiger partial charge in [-0.15, -0.1) is 0 Å². The quantitative estimate of drug-likeness (QED) is 0.874. The second-order valence-electron chi connectivity index (χ2n) is 5.60. The molecule has 5 heteroatoms. The summed E-state index contributed by atoms with van der Waals surface area (Å²) in [7, 11) is 1.85. The number of nitrogens with two attached hydrogens (primary N) is 1. The van der Waals surface area contributed by atoms with E-state index in [9.17, 15) is 4.79 Å². The molecular weight excluding hydrogens is 282 g/mol. The molecule has 0 spiro atoms. The minimum absolute atomic E-state index is 0.109. The highest BCUT2D eigenvalue weighted by atomic mass is 32.1. The van der Waals surface area contributed by atoms with Crippen molar-refractivity contribution in [3.8, 4) is 0 Å². The van der Waals surface area contributed by atoms with Crippen LogP contribution in [-0.2, 0) is 6.54 Å². The van der Waals surface area contributed by atoms with Gasteiger partial charge >= 0.3 is 6.03 Å². The Balaban J connectivity index is 1.99. The van der Waals surface area contributed by atoms with Gasteiger partial charge in [0.1, 0.15) is 4.99 Å². The highest BCUT2D eigenvalue weighted by Crippen LogP contribution is 2.13. The molecular formula is C16H23N3OS. The van der Waals surface area contributed by atoms with E-state index in [0.29, 0.717) is 11.5 Å². The van der Waals surface area contributed by atoms with Crippen LogP contribution in [0.1, 0.15) is 36.8 Å². The van der Waals surface area contributed by atoms with Gasteiger partial charge in [0.15, 0.2) is 0 Å². The van der Waals surface area contributed by atoms with E-state index in [0.717, 1.165) is 37.1 Å². The van der Waals surface area contributed by atoms with Gasteiger partial charge in [0.2, 0.25) is 0 Å². The maximum Gasteiger partial charge on any atom is 0.320 e. The van der Waals surface area contributed by atoms with Crippen LogP contribution in [0.4, 0.5) is 4.79 Å². The fourth-order valence-corrected chi connectivity index (χ4v) is 2.79. The van der Waals surface area contributed by atoms with Crippen LogP contribution in [-0.4, -0.2) is 41.0 Å². The number of likely N-dealkylation sites (tertiary alicyclic amines) is 1. The smallest absolute Gasteiger partial charge is 0.320 e. The zero-order valence-electron chi connectivity index (χ0n) is 12.5. The number of carbonyl (C=O) groups is 1. The third-order valence-corrected chi connectivity index (χ3v) is 4.07. The number of carbonyl (C=O) groups excluding carboxylic acids is 1. The molecule has 2 rings (SSSR count). The van der Waals surface area contributed by atoms with Crippen LogP contribution < -0.4 is 5.73 Å². The van der Waals surface area contributed by atoms with Crippen molar-refractivity contribution in [1.82, 2.24) is 9.80 Å². The Kier molecular flexibility index (Phi) is 5.56. The molecule has 1 fully saturated rings. The van der Waals surface area contributed by atoms with Gasteiger partial charge in [-0.3, -0.25) is 0 Å². The lowest BCUT2D eigenvalue weighted by molar-refractivity contribution is 0.162. The third-order valence-electron chi connectivity index (χ3n) is 3.83. The van der Waals surface area contributed by atoms with Crippen LogP contribution in [0.2, 0.25) is 0 Å². The summed E-state index contributed by atoms with van der Waals surface area (Å²) in [6.07, 6.45) is 4.67. The van der Waals surface area contributed by atoms with E-state index in [1.807, 2.05) is 36.2 Å². The number of benzene rings is 1. The largest absolute Gasteiger partial charge is 0.389 e. The second kappa shape index (κ2) is 7.41. The summed E-state index contributed by atoms with van der Waals surface area (Å²) in [5.74, 6) is 0. The number of urea groups is 1. The fourth-order valence-electron chi connectivity index (χ4n) is 2.67. The van der Waals surface area contributed by atoms with Crippen LogP contribution in [0.3, 0.4) is 0 Å². The minimum atomic E-state index is 0.109. The molecule has 0 unspecified atom stereocenters. The average molecular weight is 305 g/mol. The molecule has 1 aliphatic rings. The van der Waals surface area contributed by atoms with E-state index in [1.54, 1.807) is 4.90 Å². The Bertz CT molecular complexity index is 510. The van der Waals surface area contributed by atoms with Crippen molar-refractivity contribution in [2.75, 3.05) is 20.1 Å². The monoisotopic (exact) mass is 305 g/mol. The number of amides is 2. The summed E-state index contributed by atoms with van der Waals surface area (Å²) in [5.41, 5.74) is 7.54. The molecule has 0 atom stereocenters. The lowest BCUT2D eigenvalue weighted by Gasteiger charge is -2.27. The number of hydrogen-bond acceptors (Lipinski definition) is 2. The van der Waals surface area contributed by atoms with Crippen LogP contribution in [0.5, 0.6) is 0 Å². The van der Waals surface area contributed by atoms with E-state index < -0.39 is 0 Å². The lowest BCUT2D eigenvalue weighted by Crippen LogP contribution is -2.41. The summed E-state index contributed by atoms with van der Waals surface area (Å²) in [6, 6.07) is 7.87. The molecule has 1 aromatic carbocycles. The normalized spacial score (nSPS) is 15.4. The Morgan fingerprint density at radius 2 is 1.95 bits per heavy atom. The minimum Gasteiger partial charge on any atom is -0.389 e. The highest BCUT2D eigenvalue weighted by Gasteiger charge is 2.19. The van der Waals surface area contributed by atoms with Gasteiger partial charge in [-0.1, -0.05) is 43.3 Å². The standard InChI is InChI=1S/C16H23N3OS/c1-18(16(20)19-9-4-2-3-5-10-19)12-13-7-6-8-14(11-13)15(17)21/h6-8,11H,2-5,9-10,12H2,1H3,(H2,17,21). The van der Waals surface area contributed by atoms with Crippen LogP contribution in [0, 0.1) is 0 Å². The molecule has 1 aromatic rings. The molecule has 1 aliphatic heterocycles. The molecule has 4 nitrogen and oxygen atoms in total. The topological polar surface area (TPSA) is 49.6 Å². The first-order valence-electron chi connectivity index (χ1n) is 7.46. The summed E-state index contributed by atoms with van der Waals surface area (Å²) in [4.78, 5) is 16.6.